The van der Waals surface area contributed by atoms with Gasteiger partial charge in [-0.2, -0.15) is 0 Å². The summed E-state index contributed by atoms with van der Waals surface area (Å²) < 4.78 is 10.9. The quantitative estimate of drug-likeness (QED) is 0.650. The van der Waals surface area contributed by atoms with Crippen LogP contribution in [0.5, 0.6) is 0 Å². The third-order valence-corrected chi connectivity index (χ3v) is 7.15. The van der Waals surface area contributed by atoms with Gasteiger partial charge < -0.3 is 19.7 Å². The number of ether oxygens (including phenoxy) is 2. The zero-order chi connectivity index (χ0) is 21.2. The third-order valence-electron chi connectivity index (χ3n) is 6.05. The number of rotatable bonds is 5. The predicted molar refractivity (Wildman–Crippen MR) is 126 cm³/mol. The van der Waals surface area contributed by atoms with E-state index in [1.807, 2.05) is 0 Å². The highest BCUT2D eigenvalue weighted by Crippen LogP contribution is 2.35. The lowest BCUT2D eigenvalue weighted by molar-refractivity contribution is 0.0331. The molecule has 0 amide bonds. The summed E-state index contributed by atoms with van der Waals surface area (Å²) in [6, 6.07) is 8.61. The molecule has 2 saturated heterocycles. The minimum Gasteiger partial charge on any atom is -0.379 e. The molecular formula is C23H29N5O2S. The van der Waals surface area contributed by atoms with Crippen LogP contribution in [0.25, 0.3) is 10.2 Å². The van der Waals surface area contributed by atoms with E-state index in [4.69, 9.17) is 19.4 Å². The fraction of sp³-hybridized carbons (Fsp3) is 0.478. The lowest BCUT2D eigenvalue weighted by Gasteiger charge is -2.29. The van der Waals surface area contributed by atoms with Gasteiger partial charge in [0.1, 0.15) is 16.5 Å². The minimum absolute atomic E-state index is 0.750. The molecule has 2 aliphatic heterocycles. The molecule has 0 radical (unpaired) electrons. The fourth-order valence-corrected chi connectivity index (χ4v) is 5.18. The molecule has 0 unspecified atom stereocenters. The maximum Gasteiger partial charge on any atom is 0.146 e. The second-order valence-electron chi connectivity index (χ2n) is 8.11. The summed E-state index contributed by atoms with van der Waals surface area (Å²) in [5.41, 5.74) is 3.53. The van der Waals surface area contributed by atoms with E-state index in [1.165, 1.54) is 16.1 Å². The molecule has 2 fully saturated rings. The molecule has 0 spiro atoms. The van der Waals surface area contributed by atoms with Gasteiger partial charge >= 0.3 is 0 Å². The first-order valence-corrected chi connectivity index (χ1v) is 11.8. The molecule has 8 heteroatoms. The van der Waals surface area contributed by atoms with Crippen LogP contribution < -0.4 is 10.2 Å². The van der Waals surface area contributed by atoms with E-state index in [9.17, 15) is 0 Å². The largest absolute Gasteiger partial charge is 0.379 e. The van der Waals surface area contributed by atoms with Gasteiger partial charge in [-0.3, -0.25) is 4.90 Å². The van der Waals surface area contributed by atoms with Crippen molar-refractivity contribution in [2.75, 3.05) is 62.8 Å². The Balaban J connectivity index is 1.42. The summed E-state index contributed by atoms with van der Waals surface area (Å²) in [5.74, 6) is 1.76. The topological polar surface area (TPSA) is 62.8 Å². The maximum atomic E-state index is 5.48. The number of hydrogen-bond acceptors (Lipinski definition) is 8. The Morgan fingerprint density at radius 2 is 1.61 bits per heavy atom. The zero-order valence-electron chi connectivity index (χ0n) is 18.2. The number of aryl methyl sites for hydroxylation is 2. The van der Waals surface area contributed by atoms with E-state index in [0.717, 1.165) is 86.7 Å². The van der Waals surface area contributed by atoms with Crippen molar-refractivity contribution >= 4 is 38.7 Å². The molecule has 164 valence electrons. The second kappa shape index (κ2) is 9.08. The maximum absolute atomic E-state index is 5.48. The number of nitrogens with zero attached hydrogens (tertiary/aromatic N) is 4. The highest BCUT2D eigenvalue weighted by Gasteiger charge is 2.18. The van der Waals surface area contributed by atoms with Gasteiger partial charge in [0.2, 0.25) is 0 Å². The van der Waals surface area contributed by atoms with Gasteiger partial charge in [0.15, 0.2) is 0 Å². The molecular weight excluding hydrogens is 410 g/mol. The van der Waals surface area contributed by atoms with Crippen LogP contribution in [0, 0.1) is 13.8 Å². The summed E-state index contributed by atoms with van der Waals surface area (Å²) in [7, 11) is 0. The summed E-state index contributed by atoms with van der Waals surface area (Å²) in [5, 5.41) is 4.71. The van der Waals surface area contributed by atoms with E-state index in [2.05, 4.69) is 53.2 Å². The molecule has 1 N–H and O–H groups in total. The molecule has 0 aliphatic carbocycles. The number of thiophene rings is 1. The SMILES string of the molecule is Cc1sc2nc(CN3CCOCC3)nc(Nc3ccc(N4CCOCC4)cc3)c2c1C. The molecule has 2 aromatic heterocycles. The normalized spacial score (nSPS) is 17.9. The molecule has 7 nitrogen and oxygen atoms in total. The molecule has 0 bridgehead atoms. The van der Waals surface area contributed by atoms with Crippen molar-refractivity contribution in [1.29, 1.82) is 0 Å². The van der Waals surface area contributed by atoms with Crippen LogP contribution in [-0.4, -0.2) is 67.5 Å². The number of anilines is 3. The van der Waals surface area contributed by atoms with Crippen LogP contribution in [-0.2, 0) is 16.0 Å². The van der Waals surface area contributed by atoms with Crippen molar-refractivity contribution in [2.45, 2.75) is 20.4 Å². The molecule has 3 aromatic rings. The van der Waals surface area contributed by atoms with Gasteiger partial charge in [0, 0.05) is 42.4 Å². The second-order valence-corrected chi connectivity index (χ2v) is 9.31. The number of benzene rings is 1. The average Bonchev–Trinajstić information content (AvgIpc) is 3.09. The molecule has 2 aliphatic rings. The van der Waals surface area contributed by atoms with Crippen molar-refractivity contribution in [3.63, 3.8) is 0 Å². The Hall–Kier alpha value is -2.26. The Morgan fingerprint density at radius 1 is 0.935 bits per heavy atom. The van der Waals surface area contributed by atoms with Crippen LogP contribution in [0.3, 0.4) is 0 Å². The van der Waals surface area contributed by atoms with Crippen molar-refractivity contribution in [2.24, 2.45) is 0 Å². The molecule has 0 atom stereocenters. The van der Waals surface area contributed by atoms with Gasteiger partial charge in [-0.15, -0.1) is 11.3 Å². The first kappa shape index (κ1) is 20.6. The number of hydrogen-bond donors (Lipinski definition) is 1. The Labute approximate surface area is 187 Å². The van der Waals surface area contributed by atoms with E-state index in [0.29, 0.717) is 0 Å². The lowest BCUT2D eigenvalue weighted by atomic mass is 10.2. The minimum atomic E-state index is 0.750. The van der Waals surface area contributed by atoms with Crippen molar-refractivity contribution in [3.05, 3.63) is 40.5 Å². The molecule has 5 rings (SSSR count). The summed E-state index contributed by atoms with van der Waals surface area (Å²) in [6.07, 6.45) is 0. The van der Waals surface area contributed by atoms with E-state index >= 15 is 0 Å². The van der Waals surface area contributed by atoms with Crippen LogP contribution in [0.1, 0.15) is 16.3 Å². The lowest BCUT2D eigenvalue weighted by Crippen LogP contribution is -2.36. The molecule has 0 saturated carbocycles. The number of morpholine rings is 2. The summed E-state index contributed by atoms with van der Waals surface area (Å²) >= 11 is 1.75. The summed E-state index contributed by atoms with van der Waals surface area (Å²) in [4.78, 5) is 16.9. The standard InChI is InChI=1S/C23H29N5O2S/c1-16-17(2)31-23-21(16)22(25-20(26-23)15-27-7-11-29-12-8-27)24-18-3-5-19(6-4-18)28-9-13-30-14-10-28/h3-6H,7-15H2,1-2H3,(H,24,25,26). The molecule has 1 aromatic carbocycles. The Bertz CT molecular complexity index is 1040. The third kappa shape index (κ3) is 4.52. The first-order chi connectivity index (χ1) is 15.2. The van der Waals surface area contributed by atoms with Gasteiger partial charge in [-0.05, 0) is 43.7 Å². The number of aromatic nitrogens is 2. The molecule has 31 heavy (non-hydrogen) atoms. The van der Waals surface area contributed by atoms with Gasteiger partial charge in [0.25, 0.3) is 0 Å². The fourth-order valence-electron chi connectivity index (χ4n) is 4.13. The van der Waals surface area contributed by atoms with Crippen molar-refractivity contribution in [3.8, 4) is 0 Å². The predicted octanol–water partition coefficient (Wildman–Crippen LogP) is 3.72. The highest BCUT2D eigenvalue weighted by molar-refractivity contribution is 7.18. The van der Waals surface area contributed by atoms with E-state index < -0.39 is 0 Å². The van der Waals surface area contributed by atoms with Crippen LogP contribution in [0.2, 0.25) is 0 Å². The monoisotopic (exact) mass is 439 g/mol. The van der Waals surface area contributed by atoms with Crippen LogP contribution >= 0.6 is 11.3 Å². The van der Waals surface area contributed by atoms with Gasteiger partial charge in [-0.1, -0.05) is 0 Å². The average molecular weight is 440 g/mol. The smallest absolute Gasteiger partial charge is 0.146 e. The Kier molecular flexibility index (Phi) is 6.04. The van der Waals surface area contributed by atoms with Crippen LogP contribution in [0.15, 0.2) is 24.3 Å². The zero-order valence-corrected chi connectivity index (χ0v) is 19.0. The van der Waals surface area contributed by atoms with E-state index in [-0.39, 0.29) is 0 Å². The Morgan fingerprint density at radius 3 is 2.32 bits per heavy atom. The van der Waals surface area contributed by atoms with Gasteiger partial charge in [0.05, 0.1) is 38.4 Å². The first-order valence-electron chi connectivity index (χ1n) is 10.9. The van der Waals surface area contributed by atoms with Crippen LogP contribution in [0.4, 0.5) is 17.2 Å². The number of nitrogens with one attached hydrogen (secondary N) is 1. The van der Waals surface area contributed by atoms with Crippen molar-refractivity contribution in [1.82, 2.24) is 14.9 Å². The highest BCUT2D eigenvalue weighted by atomic mass is 32.1. The van der Waals surface area contributed by atoms with Gasteiger partial charge in [-0.25, -0.2) is 9.97 Å². The summed E-state index contributed by atoms with van der Waals surface area (Å²) in [6.45, 7) is 11.9. The van der Waals surface area contributed by atoms with Crippen molar-refractivity contribution < 1.29 is 9.47 Å². The molecule has 4 heterocycles. The van der Waals surface area contributed by atoms with E-state index in [1.54, 1.807) is 11.3 Å². The number of fused-ring (bicyclic) bond motifs is 1.